The number of anilines is 1. The van der Waals surface area contributed by atoms with Gasteiger partial charge in [0, 0.05) is 12.6 Å². The molecule has 0 spiro atoms. The molecule has 2 aromatic rings. The molecule has 2 rings (SSSR count). The van der Waals surface area contributed by atoms with Crippen LogP contribution in [0.3, 0.4) is 0 Å². The summed E-state index contributed by atoms with van der Waals surface area (Å²) < 4.78 is 6.11. The Labute approximate surface area is 114 Å². The zero-order valence-corrected chi connectivity index (χ0v) is 11.6. The van der Waals surface area contributed by atoms with Crippen molar-refractivity contribution in [1.82, 2.24) is 4.98 Å². The summed E-state index contributed by atoms with van der Waals surface area (Å²) in [5, 5.41) is 14.3. The molecule has 0 saturated heterocycles. The predicted molar refractivity (Wildman–Crippen MR) is 75.9 cm³/mol. The highest BCUT2D eigenvalue weighted by atomic mass is 32.1. The average molecular weight is 281 g/mol. The van der Waals surface area contributed by atoms with Crippen molar-refractivity contribution in [3.8, 4) is 0 Å². The number of benzene rings is 1. The van der Waals surface area contributed by atoms with E-state index in [0.29, 0.717) is 24.4 Å². The average Bonchev–Trinajstić information content (AvgIpc) is 2.83. The van der Waals surface area contributed by atoms with Crippen molar-refractivity contribution in [2.45, 2.75) is 19.9 Å². The van der Waals surface area contributed by atoms with E-state index in [0.717, 1.165) is 4.70 Å². The van der Waals surface area contributed by atoms with Gasteiger partial charge in [-0.2, -0.15) is 0 Å². The molecule has 0 fully saturated rings. The Balaban J connectivity index is 2.31. The van der Waals surface area contributed by atoms with E-state index in [1.54, 1.807) is 11.6 Å². The van der Waals surface area contributed by atoms with E-state index in [1.807, 2.05) is 19.9 Å². The maximum atomic E-state index is 11.2. The number of fused-ring (bicyclic) bond motifs is 1. The number of thiazole rings is 1. The molecule has 1 N–H and O–H groups in total. The molecule has 0 aliphatic carbocycles. The first-order valence-corrected chi connectivity index (χ1v) is 6.86. The SMILES string of the molecule is CCOCC(C)Nc1ccc2scnc2c1[N+](=O)[O-]. The number of nitro benzene ring substituents is 1. The Kier molecular flexibility index (Phi) is 4.28. The fourth-order valence-electron chi connectivity index (χ4n) is 1.82. The molecule has 0 saturated carbocycles. The highest BCUT2D eigenvalue weighted by molar-refractivity contribution is 7.16. The van der Waals surface area contributed by atoms with Gasteiger partial charge < -0.3 is 10.1 Å². The van der Waals surface area contributed by atoms with Crippen LogP contribution in [0.25, 0.3) is 10.2 Å². The molecule has 0 bridgehead atoms. The molecular weight excluding hydrogens is 266 g/mol. The number of hydrogen-bond acceptors (Lipinski definition) is 6. The monoisotopic (exact) mass is 281 g/mol. The Morgan fingerprint density at radius 1 is 1.58 bits per heavy atom. The second-order valence-electron chi connectivity index (χ2n) is 4.12. The first kappa shape index (κ1) is 13.7. The van der Waals surface area contributed by atoms with Gasteiger partial charge >= 0.3 is 5.69 Å². The van der Waals surface area contributed by atoms with Crippen LogP contribution in [0, 0.1) is 10.1 Å². The smallest absolute Gasteiger partial charge is 0.319 e. The second kappa shape index (κ2) is 5.94. The number of ether oxygens (including phenoxy) is 1. The number of nitro groups is 1. The van der Waals surface area contributed by atoms with E-state index in [-0.39, 0.29) is 11.7 Å². The van der Waals surface area contributed by atoms with Gasteiger partial charge in [0.1, 0.15) is 5.69 Å². The van der Waals surface area contributed by atoms with Gasteiger partial charge in [0.2, 0.25) is 0 Å². The summed E-state index contributed by atoms with van der Waals surface area (Å²) in [5.74, 6) is 0. The second-order valence-corrected chi connectivity index (χ2v) is 5.01. The molecule has 1 heterocycles. The van der Waals surface area contributed by atoms with Crippen LogP contribution < -0.4 is 5.32 Å². The van der Waals surface area contributed by atoms with Gasteiger partial charge in [0.25, 0.3) is 0 Å². The highest BCUT2D eigenvalue weighted by Gasteiger charge is 2.21. The van der Waals surface area contributed by atoms with Crippen molar-refractivity contribution < 1.29 is 9.66 Å². The van der Waals surface area contributed by atoms with Crippen molar-refractivity contribution in [2.75, 3.05) is 18.5 Å². The molecule has 7 heteroatoms. The van der Waals surface area contributed by atoms with E-state index in [1.165, 1.54) is 11.3 Å². The van der Waals surface area contributed by atoms with Crippen LogP contribution in [0.15, 0.2) is 17.6 Å². The first-order chi connectivity index (χ1) is 9.13. The third kappa shape index (κ3) is 2.99. The quantitative estimate of drug-likeness (QED) is 0.650. The molecule has 102 valence electrons. The van der Waals surface area contributed by atoms with E-state index in [2.05, 4.69) is 10.3 Å². The van der Waals surface area contributed by atoms with Crippen molar-refractivity contribution in [3.63, 3.8) is 0 Å². The summed E-state index contributed by atoms with van der Waals surface area (Å²) >= 11 is 1.39. The molecule has 0 radical (unpaired) electrons. The Morgan fingerprint density at radius 2 is 2.37 bits per heavy atom. The van der Waals surface area contributed by atoms with Crippen LogP contribution >= 0.6 is 11.3 Å². The minimum atomic E-state index is -0.391. The molecule has 1 aromatic carbocycles. The summed E-state index contributed by atoms with van der Waals surface area (Å²) in [7, 11) is 0. The summed E-state index contributed by atoms with van der Waals surface area (Å²) in [5.41, 5.74) is 2.56. The Hall–Kier alpha value is -1.73. The Morgan fingerprint density at radius 3 is 3.05 bits per heavy atom. The van der Waals surface area contributed by atoms with Crippen LogP contribution in [-0.4, -0.2) is 29.2 Å². The zero-order valence-electron chi connectivity index (χ0n) is 10.8. The van der Waals surface area contributed by atoms with Gasteiger partial charge in [-0.25, -0.2) is 4.98 Å². The summed E-state index contributed by atoms with van der Waals surface area (Å²) in [4.78, 5) is 14.9. The van der Waals surface area contributed by atoms with Crippen molar-refractivity contribution in [3.05, 3.63) is 27.8 Å². The normalized spacial score (nSPS) is 12.5. The van der Waals surface area contributed by atoms with Gasteiger partial charge in [-0.15, -0.1) is 11.3 Å². The zero-order chi connectivity index (χ0) is 13.8. The molecule has 1 atom stereocenters. The van der Waals surface area contributed by atoms with Crippen molar-refractivity contribution in [1.29, 1.82) is 0 Å². The lowest BCUT2D eigenvalue weighted by Gasteiger charge is -2.15. The number of nitrogens with zero attached hydrogens (tertiary/aromatic N) is 2. The number of rotatable bonds is 6. The number of hydrogen-bond donors (Lipinski definition) is 1. The van der Waals surface area contributed by atoms with Crippen LogP contribution in [-0.2, 0) is 4.74 Å². The molecule has 1 aromatic heterocycles. The highest BCUT2D eigenvalue weighted by Crippen LogP contribution is 2.34. The van der Waals surface area contributed by atoms with E-state index in [9.17, 15) is 10.1 Å². The predicted octanol–water partition coefficient (Wildman–Crippen LogP) is 3.04. The summed E-state index contributed by atoms with van der Waals surface area (Å²) in [6.45, 7) is 4.96. The largest absolute Gasteiger partial charge is 0.380 e. The van der Waals surface area contributed by atoms with E-state index >= 15 is 0 Å². The first-order valence-electron chi connectivity index (χ1n) is 5.98. The molecule has 1 unspecified atom stereocenters. The third-order valence-electron chi connectivity index (χ3n) is 2.63. The van der Waals surface area contributed by atoms with Gasteiger partial charge in [0.05, 0.1) is 21.7 Å². The maximum Gasteiger partial charge on any atom is 0.319 e. The fourth-order valence-corrected chi connectivity index (χ4v) is 2.50. The molecular formula is C12H15N3O3S. The number of nitrogens with one attached hydrogen (secondary N) is 1. The molecule has 0 aliphatic rings. The summed E-state index contributed by atoms with van der Waals surface area (Å²) in [6.07, 6.45) is 0. The van der Waals surface area contributed by atoms with Crippen LogP contribution in [0.5, 0.6) is 0 Å². The summed E-state index contributed by atoms with van der Waals surface area (Å²) in [6, 6.07) is 3.56. The molecule has 6 nitrogen and oxygen atoms in total. The topological polar surface area (TPSA) is 77.3 Å². The minimum Gasteiger partial charge on any atom is -0.380 e. The molecule has 0 amide bonds. The molecule has 0 aliphatic heterocycles. The van der Waals surface area contributed by atoms with E-state index < -0.39 is 4.92 Å². The van der Waals surface area contributed by atoms with E-state index in [4.69, 9.17) is 4.74 Å². The number of aromatic nitrogens is 1. The fraction of sp³-hybridized carbons (Fsp3) is 0.417. The Bertz CT molecular complexity index is 585. The van der Waals surface area contributed by atoms with Crippen LogP contribution in [0.1, 0.15) is 13.8 Å². The minimum absolute atomic E-state index is 0.00487. The third-order valence-corrected chi connectivity index (χ3v) is 3.43. The van der Waals surface area contributed by atoms with Crippen LogP contribution in [0.2, 0.25) is 0 Å². The lowest BCUT2D eigenvalue weighted by molar-refractivity contribution is -0.382. The van der Waals surface area contributed by atoms with Gasteiger partial charge in [-0.05, 0) is 26.0 Å². The van der Waals surface area contributed by atoms with Gasteiger partial charge in [0.15, 0.2) is 5.52 Å². The van der Waals surface area contributed by atoms with Crippen LogP contribution in [0.4, 0.5) is 11.4 Å². The van der Waals surface area contributed by atoms with Crippen molar-refractivity contribution in [2.24, 2.45) is 0 Å². The van der Waals surface area contributed by atoms with Gasteiger partial charge in [-0.3, -0.25) is 10.1 Å². The maximum absolute atomic E-state index is 11.2. The lowest BCUT2D eigenvalue weighted by Crippen LogP contribution is -2.22. The lowest BCUT2D eigenvalue weighted by atomic mass is 10.2. The van der Waals surface area contributed by atoms with Crippen molar-refractivity contribution >= 4 is 32.9 Å². The van der Waals surface area contributed by atoms with Gasteiger partial charge in [-0.1, -0.05) is 0 Å². The molecule has 19 heavy (non-hydrogen) atoms. The standard InChI is InChI=1S/C12H15N3O3S/c1-3-18-6-8(2)14-9-4-5-10-11(13-7-19-10)12(9)15(16)17/h4-5,7-8,14H,3,6H2,1-2H3.